The minimum atomic E-state index is -0.220. The molecule has 3 aromatic carbocycles. The normalized spacial score (nSPS) is 14.3. The van der Waals surface area contributed by atoms with Gasteiger partial charge in [0.25, 0.3) is 11.8 Å². The number of fused-ring (bicyclic) bond motifs is 1. The number of rotatable bonds is 5. The lowest BCUT2D eigenvalue weighted by molar-refractivity contribution is -0.114. The average Bonchev–Trinajstić information content (AvgIpc) is 2.82. The van der Waals surface area contributed by atoms with Gasteiger partial charge in [0, 0.05) is 34.6 Å². The van der Waals surface area contributed by atoms with Crippen molar-refractivity contribution in [3.63, 3.8) is 0 Å². The number of methoxy groups -OCH3 is 1. The van der Waals surface area contributed by atoms with Crippen molar-refractivity contribution in [2.45, 2.75) is 11.4 Å². The van der Waals surface area contributed by atoms with Crippen molar-refractivity contribution in [1.82, 2.24) is 5.32 Å². The monoisotopic (exact) mass is 464 g/mol. The van der Waals surface area contributed by atoms with Gasteiger partial charge in [-0.15, -0.1) is 0 Å². The number of carbonyl (C=O) groups excluding carboxylic acids is 2. The molecule has 5 nitrogen and oxygen atoms in total. The first-order valence-electron chi connectivity index (χ1n) is 9.94. The zero-order chi connectivity index (χ0) is 22.7. The van der Waals surface area contributed by atoms with Crippen LogP contribution in [0.25, 0.3) is 6.08 Å². The maximum Gasteiger partial charge on any atom is 0.264 e. The van der Waals surface area contributed by atoms with Gasteiger partial charge in [0.1, 0.15) is 5.75 Å². The second-order valence-electron chi connectivity index (χ2n) is 7.17. The number of anilines is 1. The van der Waals surface area contributed by atoms with Crippen LogP contribution < -0.4 is 15.0 Å². The first kappa shape index (κ1) is 22.0. The van der Waals surface area contributed by atoms with Crippen LogP contribution in [0.5, 0.6) is 5.75 Å². The van der Waals surface area contributed by atoms with Crippen LogP contribution in [0.15, 0.2) is 76.5 Å². The number of likely N-dealkylation sites (N-methyl/N-ethyl adjacent to an activating group) is 1. The molecular formula is C25H21ClN2O3S. The van der Waals surface area contributed by atoms with E-state index < -0.39 is 0 Å². The number of carbonyl (C=O) groups is 2. The number of benzene rings is 3. The van der Waals surface area contributed by atoms with Crippen molar-refractivity contribution < 1.29 is 14.3 Å². The molecule has 0 saturated carbocycles. The van der Waals surface area contributed by atoms with Gasteiger partial charge in [-0.05, 0) is 42.0 Å². The van der Waals surface area contributed by atoms with Crippen molar-refractivity contribution in [1.29, 1.82) is 0 Å². The molecular weight excluding hydrogens is 444 g/mol. The van der Waals surface area contributed by atoms with Crippen LogP contribution >= 0.6 is 23.4 Å². The SMILES string of the molecule is COc1ccccc1CNC(=O)c1ccc2c(c1)N(C)C(=O)C(=Cc1ccccc1Cl)S2. The van der Waals surface area contributed by atoms with E-state index in [1.807, 2.05) is 48.5 Å². The Hall–Kier alpha value is -3.22. The van der Waals surface area contributed by atoms with Gasteiger partial charge in [0.2, 0.25) is 0 Å². The molecule has 2 amide bonds. The molecule has 1 aliphatic rings. The van der Waals surface area contributed by atoms with E-state index in [1.54, 1.807) is 43.3 Å². The quantitative estimate of drug-likeness (QED) is 0.514. The third kappa shape index (κ3) is 4.52. The zero-order valence-electron chi connectivity index (χ0n) is 17.6. The Kier molecular flexibility index (Phi) is 6.53. The molecule has 1 aliphatic heterocycles. The lowest BCUT2D eigenvalue weighted by Gasteiger charge is -2.27. The number of nitrogens with one attached hydrogen (secondary N) is 1. The number of amides is 2. The fraction of sp³-hybridized carbons (Fsp3) is 0.120. The molecule has 0 unspecified atom stereocenters. The fourth-order valence-corrected chi connectivity index (χ4v) is 4.67. The van der Waals surface area contributed by atoms with Crippen molar-refractivity contribution in [3.8, 4) is 5.75 Å². The first-order valence-corrected chi connectivity index (χ1v) is 11.1. The molecule has 0 spiro atoms. The van der Waals surface area contributed by atoms with E-state index >= 15 is 0 Å². The van der Waals surface area contributed by atoms with Gasteiger partial charge in [0.05, 0.1) is 17.7 Å². The predicted octanol–water partition coefficient (Wildman–Crippen LogP) is 5.39. The Labute approximate surface area is 196 Å². The Balaban J connectivity index is 1.54. The van der Waals surface area contributed by atoms with Gasteiger partial charge in [-0.2, -0.15) is 0 Å². The second-order valence-corrected chi connectivity index (χ2v) is 8.66. The summed E-state index contributed by atoms with van der Waals surface area (Å²) in [5, 5.41) is 3.50. The lowest BCUT2D eigenvalue weighted by atomic mass is 10.1. The Morgan fingerprint density at radius 3 is 2.66 bits per heavy atom. The standard InChI is InChI=1S/C25H21ClN2O3S/c1-28-20-13-17(24(29)27-15-18-8-4-6-10-21(18)31-2)11-12-22(20)32-23(25(28)30)14-16-7-3-5-9-19(16)26/h3-14H,15H2,1-2H3,(H,27,29). The summed E-state index contributed by atoms with van der Waals surface area (Å²) >= 11 is 7.62. The molecule has 0 aromatic heterocycles. The largest absolute Gasteiger partial charge is 0.496 e. The highest BCUT2D eigenvalue weighted by Gasteiger charge is 2.27. The number of hydrogen-bond acceptors (Lipinski definition) is 4. The number of ether oxygens (including phenoxy) is 1. The summed E-state index contributed by atoms with van der Waals surface area (Å²) < 4.78 is 5.33. The topological polar surface area (TPSA) is 58.6 Å². The highest BCUT2D eigenvalue weighted by atomic mass is 35.5. The van der Waals surface area contributed by atoms with E-state index in [0.717, 1.165) is 21.8 Å². The lowest BCUT2D eigenvalue weighted by Crippen LogP contribution is -2.31. The van der Waals surface area contributed by atoms with Crippen LogP contribution in [0.2, 0.25) is 5.02 Å². The van der Waals surface area contributed by atoms with Gasteiger partial charge in [-0.25, -0.2) is 0 Å². The van der Waals surface area contributed by atoms with E-state index in [2.05, 4.69) is 5.32 Å². The van der Waals surface area contributed by atoms with Crippen LogP contribution in [0, 0.1) is 0 Å². The first-order chi connectivity index (χ1) is 15.5. The summed E-state index contributed by atoms with van der Waals surface area (Å²) in [4.78, 5) is 28.7. The van der Waals surface area contributed by atoms with Crippen LogP contribution in [0.3, 0.4) is 0 Å². The van der Waals surface area contributed by atoms with E-state index in [0.29, 0.717) is 27.7 Å². The maximum absolute atomic E-state index is 12.9. The molecule has 0 bridgehead atoms. The molecule has 3 aromatic rings. The molecule has 1 N–H and O–H groups in total. The summed E-state index contributed by atoms with van der Waals surface area (Å²) in [6.45, 7) is 0.341. The van der Waals surface area contributed by atoms with Crippen molar-refractivity contribution in [2.24, 2.45) is 0 Å². The minimum Gasteiger partial charge on any atom is -0.496 e. The molecule has 1 heterocycles. The molecule has 4 rings (SSSR count). The van der Waals surface area contributed by atoms with Crippen LogP contribution in [0.1, 0.15) is 21.5 Å². The van der Waals surface area contributed by atoms with Gasteiger partial charge >= 0.3 is 0 Å². The Bertz CT molecular complexity index is 1230. The zero-order valence-corrected chi connectivity index (χ0v) is 19.2. The molecule has 0 radical (unpaired) electrons. The minimum absolute atomic E-state index is 0.144. The van der Waals surface area contributed by atoms with Crippen molar-refractivity contribution >= 4 is 46.9 Å². The molecule has 162 valence electrons. The highest BCUT2D eigenvalue weighted by Crippen LogP contribution is 2.42. The number of thioether (sulfide) groups is 1. The molecule has 0 fully saturated rings. The predicted molar refractivity (Wildman–Crippen MR) is 129 cm³/mol. The molecule has 32 heavy (non-hydrogen) atoms. The third-order valence-corrected chi connectivity index (χ3v) is 6.56. The molecule has 0 atom stereocenters. The van der Waals surface area contributed by atoms with E-state index in [9.17, 15) is 9.59 Å². The van der Waals surface area contributed by atoms with Crippen molar-refractivity contribution in [2.75, 3.05) is 19.1 Å². The number of halogens is 1. The number of para-hydroxylation sites is 1. The van der Waals surface area contributed by atoms with Crippen molar-refractivity contribution in [3.05, 3.63) is 93.3 Å². The summed E-state index contributed by atoms with van der Waals surface area (Å²) in [7, 11) is 3.31. The summed E-state index contributed by atoms with van der Waals surface area (Å²) in [6.07, 6.45) is 1.79. The van der Waals surface area contributed by atoms with Crippen LogP contribution in [-0.2, 0) is 11.3 Å². The van der Waals surface area contributed by atoms with Gasteiger partial charge in [-0.1, -0.05) is 59.8 Å². The number of hydrogen-bond donors (Lipinski definition) is 1. The van der Waals surface area contributed by atoms with Gasteiger partial charge in [0.15, 0.2) is 0 Å². The van der Waals surface area contributed by atoms with Crippen LogP contribution in [-0.4, -0.2) is 26.0 Å². The maximum atomic E-state index is 12.9. The molecule has 7 heteroatoms. The summed E-state index contributed by atoms with van der Waals surface area (Å²) in [5.74, 6) is 0.355. The highest BCUT2D eigenvalue weighted by molar-refractivity contribution is 8.04. The molecule has 0 saturated heterocycles. The average molecular weight is 465 g/mol. The van der Waals surface area contributed by atoms with Gasteiger partial charge < -0.3 is 15.0 Å². The second kappa shape index (κ2) is 9.51. The van der Waals surface area contributed by atoms with Crippen LogP contribution in [0.4, 0.5) is 5.69 Å². The fourth-order valence-electron chi connectivity index (χ4n) is 3.40. The van der Waals surface area contributed by atoms with E-state index in [4.69, 9.17) is 16.3 Å². The van der Waals surface area contributed by atoms with E-state index in [1.165, 1.54) is 11.8 Å². The number of nitrogens with zero attached hydrogens (tertiary/aromatic N) is 1. The summed E-state index contributed by atoms with van der Waals surface area (Å²) in [5.41, 5.74) is 2.85. The Morgan fingerprint density at radius 1 is 1.12 bits per heavy atom. The summed E-state index contributed by atoms with van der Waals surface area (Å²) in [6, 6.07) is 20.3. The Morgan fingerprint density at radius 2 is 1.88 bits per heavy atom. The smallest absolute Gasteiger partial charge is 0.264 e. The van der Waals surface area contributed by atoms with Gasteiger partial charge in [-0.3, -0.25) is 9.59 Å². The third-order valence-electron chi connectivity index (χ3n) is 5.14. The van der Waals surface area contributed by atoms with E-state index in [-0.39, 0.29) is 11.8 Å². The molecule has 0 aliphatic carbocycles.